The predicted octanol–water partition coefficient (Wildman–Crippen LogP) is 3.79. The number of halogens is 1. The van der Waals surface area contributed by atoms with Crippen LogP contribution in [-0.4, -0.2) is 34.3 Å². The normalized spacial score (nSPS) is 11.8. The molecular formula is C19H24BrN3O3. The largest absolute Gasteiger partial charge is 0.449 e. The van der Waals surface area contributed by atoms with Gasteiger partial charge in [-0.25, -0.2) is 9.48 Å². The van der Waals surface area contributed by atoms with Crippen molar-refractivity contribution in [3.63, 3.8) is 0 Å². The number of carbonyl (C=O) groups excluding carboxylic acids is 2. The van der Waals surface area contributed by atoms with Crippen molar-refractivity contribution in [2.24, 2.45) is 0 Å². The number of carbonyl (C=O) groups is 2. The Kier molecular flexibility index (Phi) is 7.38. The maximum absolute atomic E-state index is 12.4. The van der Waals surface area contributed by atoms with E-state index in [1.165, 1.54) is 6.20 Å². The van der Waals surface area contributed by atoms with Gasteiger partial charge in [0, 0.05) is 11.0 Å². The molecule has 0 aliphatic rings. The second kappa shape index (κ2) is 9.52. The standard InChI is InChI=1S/C19H24BrN3O3/c1-4-5-6-10-21-18(24)14(3)26-19(25)17-12-22-23(13(17)2)16-9-7-8-15(20)11-16/h7-9,11-12,14H,4-6,10H2,1-3H3,(H,21,24). The molecule has 2 rings (SSSR count). The lowest BCUT2D eigenvalue weighted by atomic mass is 10.2. The summed E-state index contributed by atoms with van der Waals surface area (Å²) in [5.74, 6) is -0.841. The molecule has 0 fully saturated rings. The Hall–Kier alpha value is -2.15. The van der Waals surface area contributed by atoms with Crippen molar-refractivity contribution >= 4 is 27.8 Å². The fourth-order valence-electron chi connectivity index (χ4n) is 2.49. The maximum atomic E-state index is 12.4. The number of nitrogens with zero attached hydrogens (tertiary/aromatic N) is 2. The van der Waals surface area contributed by atoms with Crippen LogP contribution in [0.5, 0.6) is 0 Å². The quantitative estimate of drug-likeness (QED) is 0.519. The summed E-state index contributed by atoms with van der Waals surface area (Å²) in [4.78, 5) is 24.4. The molecule has 1 heterocycles. The lowest BCUT2D eigenvalue weighted by molar-refractivity contribution is -0.129. The Bertz CT molecular complexity index is 773. The number of hydrogen-bond donors (Lipinski definition) is 1. The number of amides is 1. The van der Waals surface area contributed by atoms with E-state index in [1.54, 1.807) is 18.5 Å². The Labute approximate surface area is 162 Å². The van der Waals surface area contributed by atoms with Crippen molar-refractivity contribution < 1.29 is 14.3 Å². The minimum Gasteiger partial charge on any atom is -0.449 e. The van der Waals surface area contributed by atoms with Crippen LogP contribution >= 0.6 is 15.9 Å². The van der Waals surface area contributed by atoms with Gasteiger partial charge in [-0.1, -0.05) is 41.8 Å². The molecule has 6 nitrogen and oxygen atoms in total. The summed E-state index contributed by atoms with van der Waals surface area (Å²) in [5, 5.41) is 7.05. The second-order valence-corrected chi connectivity index (χ2v) is 7.00. The van der Waals surface area contributed by atoms with Gasteiger partial charge >= 0.3 is 5.97 Å². The van der Waals surface area contributed by atoms with E-state index in [0.29, 0.717) is 17.8 Å². The summed E-state index contributed by atoms with van der Waals surface area (Å²) < 4.78 is 7.88. The van der Waals surface area contributed by atoms with Gasteiger partial charge in [-0.15, -0.1) is 0 Å². The molecule has 1 aromatic heterocycles. The third-order valence-corrected chi connectivity index (χ3v) is 4.51. The average Bonchev–Trinajstić information content (AvgIpc) is 3.00. The fraction of sp³-hybridized carbons (Fsp3) is 0.421. The van der Waals surface area contributed by atoms with Crippen LogP contribution in [0.4, 0.5) is 0 Å². The van der Waals surface area contributed by atoms with Gasteiger partial charge in [0.25, 0.3) is 5.91 Å². The van der Waals surface area contributed by atoms with Crippen LogP contribution in [0.3, 0.4) is 0 Å². The molecule has 0 bridgehead atoms. The van der Waals surface area contributed by atoms with Crippen molar-refractivity contribution in [2.45, 2.75) is 46.1 Å². The van der Waals surface area contributed by atoms with Crippen molar-refractivity contribution in [2.75, 3.05) is 6.54 Å². The summed E-state index contributed by atoms with van der Waals surface area (Å²) in [7, 11) is 0. The van der Waals surface area contributed by atoms with E-state index in [9.17, 15) is 9.59 Å². The summed E-state index contributed by atoms with van der Waals surface area (Å²) in [6.07, 6.45) is 3.67. The molecule has 1 unspecified atom stereocenters. The molecule has 0 spiro atoms. The molecule has 2 aromatic rings. The van der Waals surface area contributed by atoms with Crippen LogP contribution in [0.1, 0.15) is 49.2 Å². The van der Waals surface area contributed by atoms with Gasteiger partial charge in [-0.2, -0.15) is 5.10 Å². The zero-order valence-electron chi connectivity index (χ0n) is 15.3. The molecule has 0 radical (unpaired) electrons. The van der Waals surface area contributed by atoms with E-state index < -0.39 is 12.1 Å². The minimum atomic E-state index is -0.849. The molecular weight excluding hydrogens is 398 g/mol. The fourth-order valence-corrected chi connectivity index (χ4v) is 2.87. The first-order valence-corrected chi connectivity index (χ1v) is 9.52. The summed E-state index contributed by atoms with van der Waals surface area (Å²) in [6, 6.07) is 7.61. The summed E-state index contributed by atoms with van der Waals surface area (Å²) >= 11 is 3.42. The van der Waals surface area contributed by atoms with E-state index in [2.05, 4.69) is 33.3 Å². The van der Waals surface area contributed by atoms with Crippen molar-refractivity contribution in [3.8, 4) is 5.69 Å². The first-order chi connectivity index (χ1) is 12.4. The lowest BCUT2D eigenvalue weighted by Crippen LogP contribution is -2.36. The van der Waals surface area contributed by atoms with Gasteiger partial charge < -0.3 is 10.1 Å². The maximum Gasteiger partial charge on any atom is 0.342 e. The van der Waals surface area contributed by atoms with Gasteiger partial charge in [-0.05, 0) is 38.5 Å². The average molecular weight is 422 g/mol. The highest BCUT2D eigenvalue weighted by Crippen LogP contribution is 2.19. The van der Waals surface area contributed by atoms with Gasteiger partial charge in [-0.3, -0.25) is 4.79 Å². The smallest absolute Gasteiger partial charge is 0.342 e. The van der Waals surface area contributed by atoms with E-state index in [0.717, 1.165) is 29.4 Å². The number of esters is 1. The third-order valence-electron chi connectivity index (χ3n) is 4.02. The lowest BCUT2D eigenvalue weighted by Gasteiger charge is -2.13. The van der Waals surface area contributed by atoms with Crippen molar-refractivity contribution in [3.05, 3.63) is 46.2 Å². The Balaban J connectivity index is 2.01. The molecule has 1 atom stereocenters. The Morgan fingerprint density at radius 1 is 1.35 bits per heavy atom. The molecule has 1 amide bonds. The molecule has 1 aromatic carbocycles. The molecule has 1 N–H and O–H groups in total. The molecule has 0 saturated heterocycles. The summed E-state index contributed by atoms with van der Waals surface area (Å²) in [5.41, 5.74) is 1.83. The van der Waals surface area contributed by atoms with Gasteiger partial charge in [0.1, 0.15) is 5.56 Å². The number of rotatable bonds is 8. The zero-order chi connectivity index (χ0) is 19.1. The molecule has 0 aliphatic heterocycles. The Morgan fingerprint density at radius 2 is 2.12 bits per heavy atom. The topological polar surface area (TPSA) is 73.2 Å². The van der Waals surface area contributed by atoms with Crippen LogP contribution in [0.15, 0.2) is 34.9 Å². The highest BCUT2D eigenvalue weighted by molar-refractivity contribution is 9.10. The zero-order valence-corrected chi connectivity index (χ0v) is 16.9. The molecule has 7 heteroatoms. The number of aromatic nitrogens is 2. The predicted molar refractivity (Wildman–Crippen MR) is 103 cm³/mol. The first-order valence-electron chi connectivity index (χ1n) is 8.73. The van der Waals surface area contributed by atoms with Crippen LogP contribution in [0.25, 0.3) is 5.69 Å². The number of benzene rings is 1. The molecule has 140 valence electrons. The monoisotopic (exact) mass is 421 g/mol. The second-order valence-electron chi connectivity index (χ2n) is 6.08. The molecule has 0 saturated carbocycles. The van der Waals surface area contributed by atoms with Gasteiger partial charge in [0.15, 0.2) is 6.10 Å². The highest BCUT2D eigenvalue weighted by atomic mass is 79.9. The SMILES string of the molecule is CCCCCNC(=O)C(C)OC(=O)c1cnn(-c2cccc(Br)c2)c1C. The van der Waals surface area contributed by atoms with E-state index in [4.69, 9.17) is 4.74 Å². The van der Waals surface area contributed by atoms with Crippen LogP contribution in [0.2, 0.25) is 0 Å². The van der Waals surface area contributed by atoms with E-state index in [-0.39, 0.29) is 5.91 Å². The minimum absolute atomic E-state index is 0.286. The van der Waals surface area contributed by atoms with Gasteiger partial charge in [0.2, 0.25) is 0 Å². The molecule has 0 aliphatic carbocycles. The number of nitrogens with one attached hydrogen (secondary N) is 1. The van der Waals surface area contributed by atoms with E-state index in [1.807, 2.05) is 24.3 Å². The van der Waals surface area contributed by atoms with Gasteiger partial charge in [0.05, 0.1) is 17.6 Å². The van der Waals surface area contributed by atoms with Crippen LogP contribution in [-0.2, 0) is 9.53 Å². The summed E-state index contributed by atoms with van der Waals surface area (Å²) in [6.45, 7) is 6.05. The third kappa shape index (κ3) is 5.17. The molecule has 26 heavy (non-hydrogen) atoms. The van der Waals surface area contributed by atoms with Crippen LogP contribution < -0.4 is 5.32 Å². The number of ether oxygens (including phenoxy) is 1. The highest BCUT2D eigenvalue weighted by Gasteiger charge is 2.22. The number of hydrogen-bond acceptors (Lipinski definition) is 4. The number of unbranched alkanes of at least 4 members (excludes halogenated alkanes) is 2. The van der Waals surface area contributed by atoms with Crippen molar-refractivity contribution in [1.29, 1.82) is 0 Å². The van der Waals surface area contributed by atoms with E-state index >= 15 is 0 Å². The Morgan fingerprint density at radius 3 is 2.81 bits per heavy atom. The van der Waals surface area contributed by atoms with Crippen molar-refractivity contribution in [1.82, 2.24) is 15.1 Å². The van der Waals surface area contributed by atoms with Crippen LogP contribution in [0, 0.1) is 6.92 Å². The first kappa shape index (κ1) is 20.2.